The van der Waals surface area contributed by atoms with Crippen LogP contribution in [0.2, 0.25) is 0 Å². The Morgan fingerprint density at radius 1 is 0.696 bits per heavy atom. The van der Waals surface area contributed by atoms with Gasteiger partial charge >= 0.3 is 7.40 Å². The number of aromatic hydroxyl groups is 2. The smallest absolute Gasteiger partial charge is 0.508 e. The Labute approximate surface area is 265 Å². The molecule has 0 fully saturated rings. The highest BCUT2D eigenvalue weighted by molar-refractivity contribution is 6.43. The molecule has 0 aliphatic carbocycles. The molecule has 2 heterocycles. The molecule has 0 atom stereocenters. The number of nitrogens with zero attached hydrogens (tertiary/aromatic N) is 3. The zero-order valence-corrected chi connectivity index (χ0v) is 25.2. The van der Waals surface area contributed by atoms with Crippen LogP contribution in [0.1, 0.15) is 25.0 Å². The van der Waals surface area contributed by atoms with Gasteiger partial charge in [-0.1, -0.05) is 24.3 Å². The Kier molecular flexibility index (Phi) is 8.69. The van der Waals surface area contributed by atoms with Crippen LogP contribution in [-0.4, -0.2) is 46.9 Å². The summed E-state index contributed by atoms with van der Waals surface area (Å²) in [5.41, 5.74) is 4.55. The van der Waals surface area contributed by atoms with Gasteiger partial charge in [-0.05, 0) is 115 Å². The number of benzene rings is 4. The van der Waals surface area contributed by atoms with Crippen molar-refractivity contribution in [1.82, 2.24) is 4.48 Å². The molecule has 1 aliphatic heterocycles. The molecular weight excluding hydrogens is 587 g/mol. The van der Waals surface area contributed by atoms with Crippen LogP contribution in [0.5, 0.6) is 23.0 Å². The Morgan fingerprint density at radius 3 is 1.72 bits per heavy atom. The number of phenolic OH excluding ortho intramolecular Hbond substituents is 2. The van der Waals surface area contributed by atoms with Crippen molar-refractivity contribution in [1.29, 1.82) is 0 Å². The first-order valence-corrected chi connectivity index (χ1v) is 14.8. The van der Waals surface area contributed by atoms with E-state index in [9.17, 15) is 10.2 Å². The third kappa shape index (κ3) is 6.28. The van der Waals surface area contributed by atoms with Crippen molar-refractivity contribution in [2.75, 3.05) is 13.2 Å². The van der Waals surface area contributed by atoms with Gasteiger partial charge in [0.25, 0.3) is 0 Å². The number of ether oxygens (including phenoxy) is 2. The third-order valence-electron chi connectivity index (χ3n) is 7.44. The lowest BCUT2D eigenvalue weighted by molar-refractivity contribution is 0.340. The summed E-state index contributed by atoms with van der Waals surface area (Å²) < 4.78 is 42.3. The van der Waals surface area contributed by atoms with E-state index in [2.05, 4.69) is 0 Å². The lowest BCUT2D eigenvalue weighted by Crippen LogP contribution is -2.14. The third-order valence-corrected chi connectivity index (χ3v) is 7.44. The summed E-state index contributed by atoms with van der Waals surface area (Å²) in [6.45, 7) is 4.81. The number of aliphatic imine (C=N–C) groups is 2. The molecule has 4 aromatic carbocycles. The van der Waals surface area contributed by atoms with Gasteiger partial charge in [0.1, 0.15) is 28.8 Å². The Balaban J connectivity index is 1.56. The molecule has 230 valence electrons. The summed E-state index contributed by atoms with van der Waals surface area (Å²) in [7, 11) is -2.94. The van der Waals surface area contributed by atoms with Crippen molar-refractivity contribution >= 4 is 30.3 Å². The summed E-state index contributed by atoms with van der Waals surface area (Å²) in [6.07, 6.45) is 1.86. The molecule has 10 heteroatoms. The maximum atomic E-state index is 15.1. The molecular formula is C36H30BF2N3O4. The van der Waals surface area contributed by atoms with E-state index >= 15 is 8.63 Å². The normalized spacial score (nSPS) is 13.4. The van der Waals surface area contributed by atoms with E-state index in [1.807, 2.05) is 56.3 Å². The molecule has 0 bridgehead atoms. The van der Waals surface area contributed by atoms with Gasteiger partial charge in [-0.25, -0.2) is 9.98 Å². The van der Waals surface area contributed by atoms with Gasteiger partial charge in [-0.15, -0.1) is 0 Å². The number of allylic oxidation sites excluding steroid dienone is 1. The average molecular weight is 617 g/mol. The van der Waals surface area contributed by atoms with Crippen molar-refractivity contribution in [3.63, 3.8) is 0 Å². The number of halogens is 2. The number of hydrogen-bond acceptors (Lipinski definition) is 5. The summed E-state index contributed by atoms with van der Waals surface area (Å²) in [5, 5.41) is 19.7. The summed E-state index contributed by atoms with van der Waals surface area (Å²) in [4.78, 5) is 9.69. The van der Waals surface area contributed by atoms with E-state index in [1.165, 1.54) is 12.1 Å². The van der Waals surface area contributed by atoms with Crippen LogP contribution in [0.25, 0.3) is 28.0 Å². The zero-order chi connectivity index (χ0) is 32.2. The molecule has 1 aliphatic rings. The highest BCUT2D eigenvalue weighted by atomic mass is 19.2. The SMILES string of the molecule is CCOc1ccc(C2=CC(c3ccc(O)cc3)=N/C2=N\c2c(-c3ccc(OCC)cc3)cc(-c3ccc(O)cc3)n2B(F)F)cc1. The molecule has 0 spiro atoms. The molecule has 0 amide bonds. The second kappa shape index (κ2) is 13.2. The monoisotopic (exact) mass is 617 g/mol. The fourth-order valence-corrected chi connectivity index (χ4v) is 5.27. The van der Waals surface area contributed by atoms with Gasteiger partial charge in [0.05, 0.1) is 18.9 Å². The minimum Gasteiger partial charge on any atom is -0.508 e. The van der Waals surface area contributed by atoms with Crippen LogP contribution in [-0.2, 0) is 0 Å². The first-order valence-electron chi connectivity index (χ1n) is 14.8. The van der Waals surface area contributed by atoms with Crippen LogP contribution < -0.4 is 9.47 Å². The summed E-state index contributed by atoms with van der Waals surface area (Å²) in [5.74, 6) is 1.76. The van der Waals surface area contributed by atoms with Gasteiger partial charge < -0.3 is 24.2 Å². The second-order valence-electron chi connectivity index (χ2n) is 10.4. The Morgan fingerprint density at radius 2 is 1.20 bits per heavy atom. The van der Waals surface area contributed by atoms with E-state index in [0.29, 0.717) is 52.7 Å². The van der Waals surface area contributed by atoms with Gasteiger partial charge in [0, 0.05) is 22.4 Å². The zero-order valence-electron chi connectivity index (χ0n) is 25.2. The van der Waals surface area contributed by atoms with Crippen LogP contribution in [0.3, 0.4) is 0 Å². The summed E-state index contributed by atoms with van der Waals surface area (Å²) in [6, 6.07) is 29.0. The van der Waals surface area contributed by atoms with Crippen LogP contribution in [0.4, 0.5) is 14.4 Å². The Hall–Kier alpha value is -5.64. The lowest BCUT2D eigenvalue weighted by Gasteiger charge is -2.11. The fraction of sp³-hybridized carbons (Fsp3) is 0.111. The molecule has 5 aromatic rings. The van der Waals surface area contributed by atoms with E-state index in [1.54, 1.807) is 54.6 Å². The maximum Gasteiger partial charge on any atom is 0.679 e. The maximum absolute atomic E-state index is 15.1. The predicted molar refractivity (Wildman–Crippen MR) is 179 cm³/mol. The number of rotatable bonds is 10. The van der Waals surface area contributed by atoms with Gasteiger partial charge in [0.2, 0.25) is 0 Å². The molecule has 0 unspecified atom stereocenters. The quantitative estimate of drug-likeness (QED) is 0.154. The molecule has 6 rings (SSSR count). The molecule has 0 saturated heterocycles. The van der Waals surface area contributed by atoms with Crippen molar-refractivity contribution in [3.05, 3.63) is 120 Å². The van der Waals surface area contributed by atoms with Crippen LogP contribution in [0, 0.1) is 0 Å². The van der Waals surface area contributed by atoms with Gasteiger partial charge in [-0.3, -0.25) is 8.63 Å². The minimum absolute atomic E-state index is 0.0183. The highest BCUT2D eigenvalue weighted by Crippen LogP contribution is 2.41. The standard InChI is InChI=1S/C36H30BF2N3O4/c1-3-45-29-17-9-23(10-18-29)31-21-33(25-5-13-27(43)14-6-25)40-35(31)41-36-32(24-11-19-30(20-12-24)46-4-2)22-34(42(36)37(38)39)26-7-15-28(44)16-8-26/h5-22,43-44H,3-4H2,1-2H3/b41-35-. The van der Waals surface area contributed by atoms with Crippen molar-refractivity contribution in [3.8, 4) is 45.4 Å². The highest BCUT2D eigenvalue weighted by Gasteiger charge is 2.30. The molecule has 0 radical (unpaired) electrons. The topological polar surface area (TPSA) is 88.6 Å². The van der Waals surface area contributed by atoms with E-state index in [0.717, 1.165) is 15.6 Å². The molecule has 7 nitrogen and oxygen atoms in total. The number of phenols is 2. The van der Waals surface area contributed by atoms with E-state index in [4.69, 9.17) is 19.5 Å². The first kappa shape index (κ1) is 30.4. The molecule has 46 heavy (non-hydrogen) atoms. The molecule has 1 aromatic heterocycles. The average Bonchev–Trinajstić information content (AvgIpc) is 3.65. The van der Waals surface area contributed by atoms with Crippen LogP contribution >= 0.6 is 0 Å². The lowest BCUT2D eigenvalue weighted by atomic mass is 10.0. The van der Waals surface area contributed by atoms with Crippen LogP contribution in [0.15, 0.2) is 119 Å². The molecule has 0 saturated carbocycles. The van der Waals surface area contributed by atoms with Crippen molar-refractivity contribution in [2.24, 2.45) is 9.98 Å². The minimum atomic E-state index is -2.94. The Bertz CT molecular complexity index is 1930. The van der Waals surface area contributed by atoms with E-state index in [-0.39, 0.29) is 28.8 Å². The summed E-state index contributed by atoms with van der Waals surface area (Å²) >= 11 is 0. The largest absolute Gasteiger partial charge is 0.679 e. The van der Waals surface area contributed by atoms with Gasteiger partial charge in [-0.2, -0.15) is 0 Å². The second-order valence-corrected chi connectivity index (χ2v) is 10.4. The number of aromatic nitrogens is 1. The van der Waals surface area contributed by atoms with E-state index < -0.39 is 7.40 Å². The first-order chi connectivity index (χ1) is 22.3. The predicted octanol–water partition coefficient (Wildman–Crippen LogP) is 8.42. The van der Waals surface area contributed by atoms with Crippen molar-refractivity contribution in [2.45, 2.75) is 13.8 Å². The van der Waals surface area contributed by atoms with Gasteiger partial charge in [0.15, 0.2) is 5.84 Å². The number of hydrogen-bond donors (Lipinski definition) is 2. The fourth-order valence-electron chi connectivity index (χ4n) is 5.27. The molecule has 2 N–H and O–H groups in total. The van der Waals surface area contributed by atoms with Crippen molar-refractivity contribution < 1.29 is 28.3 Å². The number of amidine groups is 1.